The SMILES string of the molecule is O=C(O)N1CCC(C2=Nc3cc(Cl)ccc3OC2)CC1. The minimum absolute atomic E-state index is 0.290. The molecule has 1 amide bonds. The summed E-state index contributed by atoms with van der Waals surface area (Å²) >= 11 is 5.97. The van der Waals surface area contributed by atoms with Gasteiger partial charge in [-0.2, -0.15) is 0 Å². The number of benzene rings is 1. The van der Waals surface area contributed by atoms with Crippen LogP contribution in [0.15, 0.2) is 23.2 Å². The third kappa shape index (κ3) is 2.58. The number of carboxylic acid groups (broad SMARTS) is 1. The van der Waals surface area contributed by atoms with E-state index in [1.165, 1.54) is 4.90 Å². The van der Waals surface area contributed by atoms with Gasteiger partial charge in [0.1, 0.15) is 18.0 Å². The fourth-order valence-corrected chi connectivity index (χ4v) is 2.82. The number of rotatable bonds is 1. The van der Waals surface area contributed by atoms with Gasteiger partial charge in [-0.05, 0) is 31.0 Å². The molecule has 0 aliphatic carbocycles. The lowest BCUT2D eigenvalue weighted by atomic mass is 9.92. The van der Waals surface area contributed by atoms with Crippen LogP contribution in [0, 0.1) is 5.92 Å². The number of piperidine rings is 1. The number of likely N-dealkylation sites (tertiary alicyclic amines) is 1. The molecule has 0 spiro atoms. The molecule has 5 nitrogen and oxygen atoms in total. The van der Waals surface area contributed by atoms with E-state index in [2.05, 4.69) is 4.99 Å². The molecule has 106 valence electrons. The summed E-state index contributed by atoms with van der Waals surface area (Å²) in [5, 5.41) is 9.59. The second-order valence-electron chi connectivity index (χ2n) is 5.05. The average molecular weight is 295 g/mol. The van der Waals surface area contributed by atoms with Gasteiger partial charge in [0.05, 0.1) is 5.71 Å². The number of aliphatic imine (C=N–C) groups is 1. The van der Waals surface area contributed by atoms with Crippen LogP contribution >= 0.6 is 11.6 Å². The quantitative estimate of drug-likeness (QED) is 0.865. The summed E-state index contributed by atoms with van der Waals surface area (Å²) in [5.74, 6) is 1.04. The van der Waals surface area contributed by atoms with Crippen molar-refractivity contribution in [1.29, 1.82) is 0 Å². The third-order valence-electron chi connectivity index (χ3n) is 3.80. The summed E-state index contributed by atoms with van der Waals surface area (Å²) in [7, 11) is 0. The van der Waals surface area contributed by atoms with E-state index in [-0.39, 0.29) is 5.92 Å². The van der Waals surface area contributed by atoms with Gasteiger partial charge in [-0.3, -0.25) is 0 Å². The fraction of sp³-hybridized carbons (Fsp3) is 0.429. The molecular weight excluding hydrogens is 280 g/mol. The molecule has 2 heterocycles. The molecule has 1 fully saturated rings. The van der Waals surface area contributed by atoms with Crippen LogP contribution in [-0.2, 0) is 0 Å². The minimum atomic E-state index is -0.845. The topological polar surface area (TPSA) is 62.1 Å². The van der Waals surface area contributed by atoms with Crippen LogP contribution in [0.3, 0.4) is 0 Å². The van der Waals surface area contributed by atoms with Gasteiger partial charge in [-0.25, -0.2) is 9.79 Å². The largest absolute Gasteiger partial charge is 0.485 e. The van der Waals surface area contributed by atoms with Gasteiger partial charge in [-0.15, -0.1) is 0 Å². The van der Waals surface area contributed by atoms with Crippen molar-refractivity contribution >= 4 is 29.1 Å². The van der Waals surface area contributed by atoms with Crippen LogP contribution < -0.4 is 4.74 Å². The predicted octanol–water partition coefficient (Wildman–Crippen LogP) is 3.19. The molecule has 0 bridgehead atoms. The van der Waals surface area contributed by atoms with Crippen LogP contribution in [0.1, 0.15) is 12.8 Å². The van der Waals surface area contributed by atoms with Crippen LogP contribution in [0.4, 0.5) is 10.5 Å². The highest BCUT2D eigenvalue weighted by molar-refractivity contribution is 6.30. The Labute approximate surface area is 121 Å². The van der Waals surface area contributed by atoms with Crippen molar-refractivity contribution in [2.75, 3.05) is 19.7 Å². The van der Waals surface area contributed by atoms with Crippen molar-refractivity contribution in [3.63, 3.8) is 0 Å². The molecule has 0 atom stereocenters. The number of fused-ring (bicyclic) bond motifs is 1. The number of hydrogen-bond acceptors (Lipinski definition) is 3. The highest BCUT2D eigenvalue weighted by Gasteiger charge is 2.27. The Balaban J connectivity index is 1.74. The summed E-state index contributed by atoms with van der Waals surface area (Å²) in [6.45, 7) is 1.59. The minimum Gasteiger partial charge on any atom is -0.485 e. The van der Waals surface area contributed by atoms with E-state index in [0.29, 0.717) is 24.7 Å². The van der Waals surface area contributed by atoms with Gasteiger partial charge in [0, 0.05) is 24.0 Å². The maximum absolute atomic E-state index is 10.9. The lowest BCUT2D eigenvalue weighted by molar-refractivity contribution is 0.130. The molecule has 0 radical (unpaired) electrons. The molecule has 1 aromatic rings. The molecular formula is C14H15ClN2O3. The van der Waals surface area contributed by atoms with Crippen molar-refractivity contribution in [2.24, 2.45) is 10.9 Å². The number of hydrogen-bond donors (Lipinski definition) is 1. The molecule has 3 rings (SSSR count). The van der Waals surface area contributed by atoms with E-state index in [9.17, 15) is 4.79 Å². The Hall–Kier alpha value is -1.75. The van der Waals surface area contributed by atoms with Crippen molar-refractivity contribution < 1.29 is 14.6 Å². The number of amides is 1. The third-order valence-corrected chi connectivity index (χ3v) is 4.03. The maximum Gasteiger partial charge on any atom is 0.407 e. The van der Waals surface area contributed by atoms with Gasteiger partial charge >= 0.3 is 6.09 Å². The first-order chi connectivity index (χ1) is 9.63. The van der Waals surface area contributed by atoms with Gasteiger partial charge in [-0.1, -0.05) is 11.6 Å². The number of nitrogens with zero attached hydrogens (tertiary/aromatic N) is 2. The summed E-state index contributed by atoms with van der Waals surface area (Å²) in [6.07, 6.45) is 0.747. The first-order valence-electron chi connectivity index (χ1n) is 6.61. The highest BCUT2D eigenvalue weighted by atomic mass is 35.5. The van der Waals surface area contributed by atoms with E-state index in [1.807, 2.05) is 6.07 Å². The number of carbonyl (C=O) groups is 1. The van der Waals surface area contributed by atoms with Crippen LogP contribution in [0.5, 0.6) is 5.75 Å². The molecule has 2 aliphatic heterocycles. The molecule has 6 heteroatoms. The Bertz CT molecular complexity index is 566. The molecule has 2 aliphatic rings. The zero-order valence-electron chi connectivity index (χ0n) is 10.9. The van der Waals surface area contributed by atoms with Crippen molar-refractivity contribution in [2.45, 2.75) is 12.8 Å². The van der Waals surface area contributed by atoms with Gasteiger partial charge < -0.3 is 14.7 Å². The highest BCUT2D eigenvalue weighted by Crippen LogP contribution is 2.35. The molecule has 1 N–H and O–H groups in total. The molecule has 0 unspecified atom stereocenters. The Morgan fingerprint density at radius 3 is 2.85 bits per heavy atom. The fourth-order valence-electron chi connectivity index (χ4n) is 2.65. The standard InChI is InChI=1S/C14H15ClN2O3/c15-10-1-2-13-11(7-10)16-12(8-20-13)9-3-5-17(6-4-9)14(18)19/h1-2,7,9H,3-6,8H2,(H,18,19). The van der Waals surface area contributed by atoms with Crippen molar-refractivity contribution in [3.05, 3.63) is 23.2 Å². The average Bonchev–Trinajstić information content (AvgIpc) is 2.46. The summed E-state index contributed by atoms with van der Waals surface area (Å²) in [5.41, 5.74) is 1.75. The summed E-state index contributed by atoms with van der Waals surface area (Å²) in [4.78, 5) is 17.0. The second kappa shape index (κ2) is 5.32. The number of ether oxygens (including phenoxy) is 1. The lowest BCUT2D eigenvalue weighted by Gasteiger charge is -2.31. The monoisotopic (exact) mass is 294 g/mol. The van der Waals surface area contributed by atoms with Crippen LogP contribution in [0.2, 0.25) is 5.02 Å². The second-order valence-corrected chi connectivity index (χ2v) is 5.48. The van der Waals surface area contributed by atoms with Crippen LogP contribution in [0.25, 0.3) is 0 Å². The van der Waals surface area contributed by atoms with E-state index in [4.69, 9.17) is 21.4 Å². The van der Waals surface area contributed by atoms with E-state index >= 15 is 0 Å². The summed E-state index contributed by atoms with van der Waals surface area (Å²) < 4.78 is 5.70. The predicted molar refractivity (Wildman–Crippen MR) is 76.4 cm³/mol. The molecule has 20 heavy (non-hydrogen) atoms. The number of halogens is 1. The first-order valence-corrected chi connectivity index (χ1v) is 6.99. The summed E-state index contributed by atoms with van der Waals surface area (Å²) in [6, 6.07) is 5.40. The van der Waals surface area contributed by atoms with Gasteiger partial charge in [0.15, 0.2) is 0 Å². The zero-order chi connectivity index (χ0) is 14.1. The Kier molecular flexibility index (Phi) is 3.53. The molecule has 0 saturated carbocycles. The Morgan fingerprint density at radius 1 is 1.40 bits per heavy atom. The maximum atomic E-state index is 10.9. The van der Waals surface area contributed by atoms with Gasteiger partial charge in [0.25, 0.3) is 0 Å². The van der Waals surface area contributed by atoms with Gasteiger partial charge in [0.2, 0.25) is 0 Å². The zero-order valence-corrected chi connectivity index (χ0v) is 11.6. The van der Waals surface area contributed by atoms with E-state index in [1.54, 1.807) is 12.1 Å². The molecule has 0 aromatic heterocycles. The lowest BCUT2D eigenvalue weighted by Crippen LogP contribution is -2.40. The van der Waals surface area contributed by atoms with Crippen molar-refractivity contribution in [1.82, 2.24) is 4.90 Å². The van der Waals surface area contributed by atoms with E-state index in [0.717, 1.165) is 30.0 Å². The Morgan fingerprint density at radius 2 is 2.15 bits per heavy atom. The van der Waals surface area contributed by atoms with E-state index < -0.39 is 6.09 Å². The molecule has 1 aromatic carbocycles. The normalized spacial score (nSPS) is 19.1. The van der Waals surface area contributed by atoms with Crippen molar-refractivity contribution in [3.8, 4) is 5.75 Å². The smallest absolute Gasteiger partial charge is 0.407 e. The first kappa shape index (κ1) is 13.2. The van der Waals surface area contributed by atoms with Crippen LogP contribution in [-0.4, -0.2) is 41.5 Å². The molecule has 1 saturated heterocycles.